The Labute approximate surface area is 125 Å². The highest BCUT2D eigenvalue weighted by molar-refractivity contribution is 7.98. The van der Waals surface area contributed by atoms with Crippen molar-refractivity contribution in [3.05, 3.63) is 52.7 Å². The summed E-state index contributed by atoms with van der Waals surface area (Å²) in [5.41, 5.74) is 1.12. The minimum atomic E-state index is -1.000. The topological polar surface area (TPSA) is 59.4 Å². The van der Waals surface area contributed by atoms with Crippen LogP contribution < -0.4 is 4.74 Å². The Morgan fingerprint density at radius 3 is 2.80 bits per heavy atom. The number of pyridine rings is 1. The highest BCUT2D eigenvalue weighted by atomic mass is 35.5. The maximum Gasteiger partial charge on any atom is 0.339 e. The lowest BCUT2D eigenvalue weighted by Crippen LogP contribution is -2.00. The SMILES string of the molecule is COc1cc(CSc2ccc(Cl)cn2)ccc1C(=O)O. The zero-order valence-corrected chi connectivity index (χ0v) is 12.2. The van der Waals surface area contributed by atoms with Crippen LogP contribution in [-0.4, -0.2) is 23.2 Å². The first-order valence-electron chi connectivity index (χ1n) is 5.74. The molecule has 0 fully saturated rings. The van der Waals surface area contributed by atoms with E-state index in [2.05, 4.69) is 4.98 Å². The van der Waals surface area contributed by atoms with Crippen LogP contribution in [0.15, 0.2) is 41.6 Å². The Hall–Kier alpha value is -1.72. The number of nitrogens with zero attached hydrogens (tertiary/aromatic N) is 1. The number of aromatic carboxylic acids is 1. The summed E-state index contributed by atoms with van der Waals surface area (Å²) in [4.78, 5) is 15.2. The maximum atomic E-state index is 11.0. The largest absolute Gasteiger partial charge is 0.496 e. The molecule has 1 heterocycles. The van der Waals surface area contributed by atoms with Crippen LogP contribution >= 0.6 is 23.4 Å². The van der Waals surface area contributed by atoms with Crippen molar-refractivity contribution in [3.8, 4) is 5.75 Å². The third kappa shape index (κ3) is 3.65. The minimum absolute atomic E-state index is 0.158. The smallest absolute Gasteiger partial charge is 0.339 e. The summed E-state index contributed by atoms with van der Waals surface area (Å²) in [5.74, 6) is 0.0327. The third-order valence-corrected chi connectivity index (χ3v) is 3.82. The van der Waals surface area contributed by atoms with E-state index in [1.165, 1.54) is 7.11 Å². The highest BCUT2D eigenvalue weighted by Gasteiger charge is 2.11. The van der Waals surface area contributed by atoms with Gasteiger partial charge < -0.3 is 9.84 Å². The van der Waals surface area contributed by atoms with E-state index in [1.807, 2.05) is 6.07 Å². The molecular weight excluding hydrogens is 298 g/mol. The van der Waals surface area contributed by atoms with Crippen LogP contribution in [0.25, 0.3) is 0 Å². The monoisotopic (exact) mass is 309 g/mol. The standard InChI is InChI=1S/C14H12ClNO3S/c1-19-12-6-9(2-4-11(12)14(17)18)8-20-13-5-3-10(15)7-16-13/h2-7H,8H2,1H3,(H,17,18). The molecule has 1 aromatic carbocycles. The van der Waals surface area contributed by atoms with Crippen LogP contribution in [-0.2, 0) is 5.75 Å². The van der Waals surface area contributed by atoms with Crippen LogP contribution in [0.5, 0.6) is 5.75 Å². The third-order valence-electron chi connectivity index (χ3n) is 2.58. The summed E-state index contributed by atoms with van der Waals surface area (Å²) in [5, 5.41) is 10.5. The predicted molar refractivity (Wildman–Crippen MR) is 78.8 cm³/mol. The Kier molecular flexibility index (Phi) is 4.87. The van der Waals surface area contributed by atoms with Gasteiger partial charge in [0.2, 0.25) is 0 Å². The van der Waals surface area contributed by atoms with E-state index in [4.69, 9.17) is 21.4 Å². The first-order valence-corrected chi connectivity index (χ1v) is 7.11. The van der Waals surface area contributed by atoms with Gasteiger partial charge in [0, 0.05) is 11.9 Å². The summed E-state index contributed by atoms with van der Waals surface area (Å²) >= 11 is 7.31. The van der Waals surface area contributed by atoms with Crippen molar-refractivity contribution in [2.75, 3.05) is 7.11 Å². The number of hydrogen-bond donors (Lipinski definition) is 1. The lowest BCUT2D eigenvalue weighted by Gasteiger charge is -2.07. The minimum Gasteiger partial charge on any atom is -0.496 e. The molecule has 0 amide bonds. The predicted octanol–water partition coefficient (Wildman–Crippen LogP) is 3.73. The van der Waals surface area contributed by atoms with Crippen LogP contribution in [0.1, 0.15) is 15.9 Å². The first-order chi connectivity index (χ1) is 9.60. The van der Waals surface area contributed by atoms with Crippen molar-refractivity contribution in [1.82, 2.24) is 4.98 Å². The van der Waals surface area contributed by atoms with Crippen molar-refractivity contribution in [3.63, 3.8) is 0 Å². The molecule has 6 heteroatoms. The molecule has 0 atom stereocenters. The van der Waals surface area contributed by atoms with Gasteiger partial charge in [-0.05, 0) is 29.8 Å². The molecule has 1 aromatic heterocycles. The van der Waals surface area contributed by atoms with Crippen LogP contribution in [0.2, 0.25) is 5.02 Å². The van der Waals surface area contributed by atoms with Gasteiger partial charge >= 0.3 is 5.97 Å². The molecule has 2 rings (SSSR count). The zero-order chi connectivity index (χ0) is 14.5. The Morgan fingerprint density at radius 2 is 2.20 bits per heavy atom. The van der Waals surface area contributed by atoms with Crippen molar-refractivity contribution in [2.24, 2.45) is 0 Å². The van der Waals surface area contributed by atoms with E-state index < -0.39 is 5.97 Å². The number of carboxylic acid groups (broad SMARTS) is 1. The van der Waals surface area contributed by atoms with Crippen molar-refractivity contribution >= 4 is 29.3 Å². The van der Waals surface area contributed by atoms with E-state index >= 15 is 0 Å². The number of carbonyl (C=O) groups is 1. The van der Waals surface area contributed by atoms with Gasteiger partial charge in [0.05, 0.1) is 17.2 Å². The molecule has 4 nitrogen and oxygen atoms in total. The molecule has 0 saturated heterocycles. The highest BCUT2D eigenvalue weighted by Crippen LogP contribution is 2.26. The summed E-state index contributed by atoms with van der Waals surface area (Å²) < 4.78 is 5.09. The van der Waals surface area contributed by atoms with E-state index in [-0.39, 0.29) is 5.56 Å². The Bertz CT molecular complexity index is 616. The molecular formula is C14H12ClNO3S. The van der Waals surface area contributed by atoms with Gasteiger partial charge in [-0.15, -0.1) is 11.8 Å². The van der Waals surface area contributed by atoms with E-state index in [1.54, 1.807) is 42.2 Å². The van der Waals surface area contributed by atoms with E-state index in [0.29, 0.717) is 16.5 Å². The molecule has 0 radical (unpaired) electrons. The van der Waals surface area contributed by atoms with Gasteiger partial charge in [0.25, 0.3) is 0 Å². The first kappa shape index (κ1) is 14.7. The number of halogens is 1. The molecule has 0 aliphatic rings. The quantitative estimate of drug-likeness (QED) is 0.853. The zero-order valence-electron chi connectivity index (χ0n) is 10.7. The van der Waals surface area contributed by atoms with Crippen molar-refractivity contribution < 1.29 is 14.6 Å². The summed E-state index contributed by atoms with van der Waals surface area (Å²) in [6, 6.07) is 8.68. The van der Waals surface area contributed by atoms with E-state index in [0.717, 1.165) is 10.6 Å². The lowest BCUT2D eigenvalue weighted by molar-refractivity contribution is 0.0693. The normalized spacial score (nSPS) is 10.3. The molecule has 1 N–H and O–H groups in total. The molecule has 20 heavy (non-hydrogen) atoms. The fourth-order valence-electron chi connectivity index (χ4n) is 1.61. The fraction of sp³-hybridized carbons (Fsp3) is 0.143. The number of aromatic nitrogens is 1. The summed E-state index contributed by atoms with van der Waals surface area (Å²) in [7, 11) is 1.46. The van der Waals surface area contributed by atoms with Gasteiger partial charge in [0.1, 0.15) is 11.3 Å². The number of carboxylic acids is 1. The number of methoxy groups -OCH3 is 1. The van der Waals surface area contributed by atoms with Gasteiger partial charge in [-0.1, -0.05) is 17.7 Å². The molecule has 0 spiro atoms. The second-order valence-electron chi connectivity index (χ2n) is 3.94. The van der Waals surface area contributed by atoms with Crippen molar-refractivity contribution in [1.29, 1.82) is 0 Å². The Balaban J connectivity index is 2.10. The second-order valence-corrected chi connectivity index (χ2v) is 5.38. The van der Waals surface area contributed by atoms with Crippen molar-refractivity contribution in [2.45, 2.75) is 10.8 Å². The molecule has 104 valence electrons. The molecule has 0 bridgehead atoms. The lowest BCUT2D eigenvalue weighted by atomic mass is 10.1. The summed E-state index contributed by atoms with van der Waals surface area (Å²) in [6.07, 6.45) is 1.60. The van der Waals surface area contributed by atoms with Crippen LogP contribution in [0.4, 0.5) is 0 Å². The molecule has 0 saturated carbocycles. The maximum absolute atomic E-state index is 11.0. The number of hydrogen-bond acceptors (Lipinski definition) is 4. The Morgan fingerprint density at radius 1 is 1.40 bits per heavy atom. The van der Waals surface area contributed by atoms with Gasteiger partial charge in [0.15, 0.2) is 0 Å². The summed E-state index contributed by atoms with van der Waals surface area (Å²) in [6.45, 7) is 0. The molecule has 2 aromatic rings. The van der Waals surface area contributed by atoms with E-state index in [9.17, 15) is 4.79 Å². The number of rotatable bonds is 5. The van der Waals surface area contributed by atoms with Crippen LogP contribution in [0, 0.1) is 0 Å². The average molecular weight is 310 g/mol. The fourth-order valence-corrected chi connectivity index (χ4v) is 2.50. The number of benzene rings is 1. The molecule has 0 aliphatic heterocycles. The van der Waals surface area contributed by atoms with Crippen LogP contribution in [0.3, 0.4) is 0 Å². The second kappa shape index (κ2) is 6.63. The van der Waals surface area contributed by atoms with Gasteiger partial charge in [-0.25, -0.2) is 9.78 Å². The van der Waals surface area contributed by atoms with Gasteiger partial charge in [-0.3, -0.25) is 0 Å². The average Bonchev–Trinajstić information content (AvgIpc) is 2.46. The molecule has 0 aliphatic carbocycles. The molecule has 0 unspecified atom stereocenters. The van der Waals surface area contributed by atoms with Gasteiger partial charge in [-0.2, -0.15) is 0 Å². The number of thioether (sulfide) groups is 1. The number of ether oxygens (including phenoxy) is 1.